The first-order valence-corrected chi connectivity index (χ1v) is 4.05. The van der Waals surface area contributed by atoms with Crippen LogP contribution in [0.2, 0.25) is 0 Å². The monoisotopic (exact) mass is 156 g/mol. The summed E-state index contributed by atoms with van der Waals surface area (Å²) in [7, 11) is 0. The summed E-state index contributed by atoms with van der Waals surface area (Å²) in [6.07, 6.45) is 4.82. The molecule has 0 amide bonds. The number of nitrogens with one attached hydrogen (secondary N) is 1. The largest absolute Gasteiger partial charge is 0.361 e. The Balaban J connectivity index is 2.34. The summed E-state index contributed by atoms with van der Waals surface area (Å²) >= 11 is 0. The van der Waals surface area contributed by atoms with E-state index in [2.05, 4.69) is 22.1 Å². The summed E-state index contributed by atoms with van der Waals surface area (Å²) < 4.78 is 0. The summed E-state index contributed by atoms with van der Waals surface area (Å²) in [5.74, 6) is 0. The Hall–Kier alpha value is -1.57. The number of aromatic amines is 1. The molecule has 0 radical (unpaired) electrons. The molecule has 0 unspecified atom stereocenters. The lowest BCUT2D eigenvalue weighted by molar-refractivity contribution is 1.12. The zero-order valence-corrected chi connectivity index (χ0v) is 6.54. The van der Waals surface area contributed by atoms with Crippen molar-refractivity contribution in [1.29, 1.82) is 0 Å². The van der Waals surface area contributed by atoms with Crippen LogP contribution in [0.1, 0.15) is 11.3 Å². The van der Waals surface area contributed by atoms with Gasteiger partial charge in [-0.1, -0.05) is 0 Å². The van der Waals surface area contributed by atoms with Crippen molar-refractivity contribution >= 4 is 0 Å². The van der Waals surface area contributed by atoms with Crippen LogP contribution < -0.4 is 0 Å². The van der Waals surface area contributed by atoms with Gasteiger partial charge in [-0.3, -0.25) is 4.98 Å². The summed E-state index contributed by atoms with van der Waals surface area (Å²) in [5.41, 5.74) is 5.07. The standard InChI is InChI=1S/C10H8N2/c1-2-8-9(11-4-1)6-7-3-5-12-10(7)8/h1-5,12H,6H2. The predicted molar refractivity (Wildman–Crippen MR) is 46.8 cm³/mol. The third-order valence-electron chi connectivity index (χ3n) is 2.35. The normalized spacial score (nSPS) is 12.7. The molecule has 2 nitrogen and oxygen atoms in total. The number of fused-ring (bicyclic) bond motifs is 3. The van der Waals surface area contributed by atoms with Gasteiger partial charge in [0.15, 0.2) is 0 Å². The molecule has 0 fully saturated rings. The van der Waals surface area contributed by atoms with Crippen molar-refractivity contribution in [2.45, 2.75) is 6.42 Å². The average Bonchev–Trinajstić information content (AvgIpc) is 2.62. The number of pyridine rings is 1. The molecule has 0 spiro atoms. The van der Waals surface area contributed by atoms with Crippen LogP contribution in [-0.2, 0) is 6.42 Å². The molecule has 0 saturated carbocycles. The fourth-order valence-electron chi connectivity index (χ4n) is 1.79. The highest BCUT2D eigenvalue weighted by Gasteiger charge is 2.18. The van der Waals surface area contributed by atoms with Crippen LogP contribution in [0.3, 0.4) is 0 Å². The fourth-order valence-corrected chi connectivity index (χ4v) is 1.79. The molecule has 2 aromatic rings. The molecule has 1 aliphatic carbocycles. The van der Waals surface area contributed by atoms with Gasteiger partial charge in [0, 0.05) is 24.4 Å². The molecule has 1 N–H and O–H groups in total. The molecule has 2 heterocycles. The van der Waals surface area contributed by atoms with Crippen LogP contribution in [0.5, 0.6) is 0 Å². The lowest BCUT2D eigenvalue weighted by Crippen LogP contribution is -1.84. The predicted octanol–water partition coefficient (Wildman–Crippen LogP) is 1.98. The van der Waals surface area contributed by atoms with E-state index in [1.807, 2.05) is 18.5 Å². The van der Waals surface area contributed by atoms with Gasteiger partial charge in [0.05, 0.1) is 11.4 Å². The van der Waals surface area contributed by atoms with Gasteiger partial charge >= 0.3 is 0 Å². The van der Waals surface area contributed by atoms with Crippen molar-refractivity contribution in [3.8, 4) is 11.3 Å². The minimum Gasteiger partial charge on any atom is -0.361 e. The fraction of sp³-hybridized carbons (Fsp3) is 0.100. The Kier molecular flexibility index (Phi) is 0.987. The molecule has 58 valence electrons. The van der Waals surface area contributed by atoms with E-state index in [-0.39, 0.29) is 0 Å². The van der Waals surface area contributed by atoms with E-state index in [9.17, 15) is 0 Å². The lowest BCUT2D eigenvalue weighted by atomic mass is 10.2. The van der Waals surface area contributed by atoms with Crippen molar-refractivity contribution in [1.82, 2.24) is 9.97 Å². The van der Waals surface area contributed by atoms with Gasteiger partial charge in [0.1, 0.15) is 0 Å². The van der Waals surface area contributed by atoms with E-state index < -0.39 is 0 Å². The minimum atomic E-state index is 0.981. The van der Waals surface area contributed by atoms with E-state index in [0.29, 0.717) is 0 Å². The SMILES string of the molecule is c1cnc2c(c1)-c1[nH]ccc1C2. The highest BCUT2D eigenvalue weighted by molar-refractivity contribution is 5.71. The number of hydrogen-bond acceptors (Lipinski definition) is 1. The van der Waals surface area contributed by atoms with E-state index in [1.54, 1.807) is 0 Å². The van der Waals surface area contributed by atoms with Crippen molar-refractivity contribution in [2.24, 2.45) is 0 Å². The molecule has 0 aliphatic heterocycles. The van der Waals surface area contributed by atoms with E-state index in [4.69, 9.17) is 0 Å². The quantitative estimate of drug-likeness (QED) is 0.529. The van der Waals surface area contributed by atoms with Crippen LogP contribution >= 0.6 is 0 Å². The van der Waals surface area contributed by atoms with Gasteiger partial charge in [-0.05, 0) is 23.8 Å². The van der Waals surface area contributed by atoms with Crippen LogP contribution in [0.15, 0.2) is 30.6 Å². The number of nitrogens with zero attached hydrogens (tertiary/aromatic N) is 1. The van der Waals surface area contributed by atoms with Crippen LogP contribution in [-0.4, -0.2) is 9.97 Å². The molecule has 1 aliphatic rings. The Labute approximate surface area is 70.3 Å². The first-order valence-electron chi connectivity index (χ1n) is 4.05. The Morgan fingerprint density at radius 2 is 2.33 bits per heavy atom. The number of aromatic nitrogens is 2. The van der Waals surface area contributed by atoms with Gasteiger partial charge in [-0.2, -0.15) is 0 Å². The maximum atomic E-state index is 4.33. The van der Waals surface area contributed by atoms with Crippen molar-refractivity contribution in [3.63, 3.8) is 0 Å². The number of hydrogen-bond donors (Lipinski definition) is 1. The highest BCUT2D eigenvalue weighted by Crippen LogP contribution is 2.33. The third-order valence-corrected chi connectivity index (χ3v) is 2.35. The van der Waals surface area contributed by atoms with E-state index in [1.165, 1.54) is 22.5 Å². The zero-order chi connectivity index (χ0) is 7.97. The zero-order valence-electron chi connectivity index (χ0n) is 6.54. The van der Waals surface area contributed by atoms with Gasteiger partial charge < -0.3 is 4.98 Å². The second kappa shape index (κ2) is 1.97. The molecular formula is C10H8N2. The Morgan fingerprint density at radius 3 is 3.33 bits per heavy atom. The number of rotatable bonds is 0. The summed E-state index contributed by atoms with van der Waals surface area (Å²) in [6.45, 7) is 0. The second-order valence-electron chi connectivity index (χ2n) is 3.05. The Morgan fingerprint density at radius 1 is 1.33 bits per heavy atom. The topological polar surface area (TPSA) is 28.7 Å². The van der Waals surface area contributed by atoms with Gasteiger partial charge in [0.25, 0.3) is 0 Å². The smallest absolute Gasteiger partial charge is 0.0541 e. The van der Waals surface area contributed by atoms with Crippen LogP contribution in [0.4, 0.5) is 0 Å². The Bertz CT molecular complexity index is 429. The van der Waals surface area contributed by atoms with Crippen molar-refractivity contribution < 1.29 is 0 Å². The van der Waals surface area contributed by atoms with Gasteiger partial charge in [0.2, 0.25) is 0 Å². The molecule has 0 aromatic carbocycles. The lowest BCUT2D eigenvalue weighted by Gasteiger charge is -1.95. The summed E-state index contributed by atoms with van der Waals surface area (Å²) in [4.78, 5) is 7.56. The molecule has 0 bridgehead atoms. The first-order chi connectivity index (χ1) is 5.95. The molecule has 0 atom stereocenters. The van der Waals surface area contributed by atoms with Crippen molar-refractivity contribution in [2.75, 3.05) is 0 Å². The molecule has 0 saturated heterocycles. The first kappa shape index (κ1) is 6.00. The maximum Gasteiger partial charge on any atom is 0.0541 e. The molecule has 12 heavy (non-hydrogen) atoms. The van der Waals surface area contributed by atoms with Crippen molar-refractivity contribution in [3.05, 3.63) is 41.9 Å². The minimum absolute atomic E-state index is 0.981. The second-order valence-corrected chi connectivity index (χ2v) is 3.05. The summed E-state index contributed by atoms with van der Waals surface area (Å²) in [5, 5.41) is 0. The van der Waals surface area contributed by atoms with Gasteiger partial charge in [-0.25, -0.2) is 0 Å². The number of H-pyrrole nitrogens is 1. The van der Waals surface area contributed by atoms with Gasteiger partial charge in [-0.15, -0.1) is 0 Å². The van der Waals surface area contributed by atoms with Crippen LogP contribution in [0, 0.1) is 0 Å². The third kappa shape index (κ3) is 0.619. The molecule has 2 aromatic heterocycles. The highest BCUT2D eigenvalue weighted by atomic mass is 14.8. The van der Waals surface area contributed by atoms with E-state index in [0.717, 1.165) is 6.42 Å². The molecular weight excluding hydrogens is 148 g/mol. The maximum absolute atomic E-state index is 4.33. The van der Waals surface area contributed by atoms with Crippen LogP contribution in [0.25, 0.3) is 11.3 Å². The average molecular weight is 156 g/mol. The molecule has 2 heteroatoms. The van der Waals surface area contributed by atoms with E-state index >= 15 is 0 Å². The summed E-state index contributed by atoms with van der Waals surface area (Å²) in [6, 6.07) is 6.22. The molecule has 3 rings (SSSR count).